The summed E-state index contributed by atoms with van der Waals surface area (Å²) in [6.07, 6.45) is 2.74. The van der Waals surface area contributed by atoms with Crippen molar-refractivity contribution in [1.29, 1.82) is 0 Å². The SMILES string of the molecule is Cc1cnc(NCc2ccc3c(c2)OCCCO3)nc1N(C)C. The first-order valence-electron chi connectivity index (χ1n) is 7.77. The number of fused-ring (bicyclic) bond motifs is 1. The van der Waals surface area contributed by atoms with Gasteiger partial charge in [-0.25, -0.2) is 4.98 Å². The second-order valence-electron chi connectivity index (χ2n) is 5.78. The van der Waals surface area contributed by atoms with E-state index in [2.05, 4.69) is 15.3 Å². The quantitative estimate of drug-likeness (QED) is 0.936. The van der Waals surface area contributed by atoms with E-state index in [0.29, 0.717) is 25.7 Å². The molecule has 0 bridgehead atoms. The third kappa shape index (κ3) is 3.64. The van der Waals surface area contributed by atoms with Crippen LogP contribution in [0.2, 0.25) is 0 Å². The standard InChI is InChI=1S/C17H22N4O2/c1-12-10-18-17(20-16(12)21(2)3)19-11-13-5-6-14-15(9-13)23-8-4-7-22-14/h5-6,9-10H,4,7-8,11H2,1-3H3,(H,18,19,20). The van der Waals surface area contributed by atoms with Crippen LogP contribution in [0.4, 0.5) is 11.8 Å². The number of benzene rings is 1. The van der Waals surface area contributed by atoms with Gasteiger partial charge in [-0.2, -0.15) is 4.98 Å². The van der Waals surface area contributed by atoms with Crippen molar-refractivity contribution >= 4 is 11.8 Å². The fraction of sp³-hybridized carbons (Fsp3) is 0.412. The summed E-state index contributed by atoms with van der Waals surface area (Å²) >= 11 is 0. The normalized spacial score (nSPS) is 13.3. The van der Waals surface area contributed by atoms with E-state index in [4.69, 9.17) is 9.47 Å². The summed E-state index contributed by atoms with van der Waals surface area (Å²) in [7, 11) is 3.95. The maximum Gasteiger partial charge on any atom is 0.224 e. The minimum absolute atomic E-state index is 0.617. The minimum atomic E-state index is 0.617. The molecule has 6 nitrogen and oxygen atoms in total. The lowest BCUT2D eigenvalue weighted by molar-refractivity contribution is 0.297. The van der Waals surface area contributed by atoms with E-state index in [-0.39, 0.29) is 0 Å². The van der Waals surface area contributed by atoms with Crippen molar-refractivity contribution in [2.75, 3.05) is 37.5 Å². The van der Waals surface area contributed by atoms with E-state index in [0.717, 1.165) is 34.9 Å². The lowest BCUT2D eigenvalue weighted by atomic mass is 10.2. The Morgan fingerprint density at radius 2 is 1.96 bits per heavy atom. The van der Waals surface area contributed by atoms with E-state index in [1.165, 1.54) is 0 Å². The lowest BCUT2D eigenvalue weighted by Gasteiger charge is -2.15. The molecular weight excluding hydrogens is 292 g/mol. The number of aryl methyl sites for hydroxylation is 1. The topological polar surface area (TPSA) is 59.5 Å². The first-order chi connectivity index (χ1) is 11.1. The summed E-state index contributed by atoms with van der Waals surface area (Å²) in [5.41, 5.74) is 2.15. The zero-order valence-corrected chi connectivity index (χ0v) is 13.8. The van der Waals surface area contributed by atoms with Gasteiger partial charge in [-0.1, -0.05) is 6.07 Å². The molecule has 1 aliphatic heterocycles. The van der Waals surface area contributed by atoms with E-state index in [1.54, 1.807) is 0 Å². The minimum Gasteiger partial charge on any atom is -0.490 e. The number of hydrogen-bond donors (Lipinski definition) is 1. The molecule has 2 aromatic rings. The van der Waals surface area contributed by atoms with Crippen molar-refractivity contribution < 1.29 is 9.47 Å². The van der Waals surface area contributed by atoms with Crippen LogP contribution in [-0.4, -0.2) is 37.3 Å². The Balaban J connectivity index is 1.71. The number of ether oxygens (including phenoxy) is 2. The maximum absolute atomic E-state index is 5.72. The fourth-order valence-corrected chi connectivity index (χ4v) is 2.47. The third-order valence-corrected chi connectivity index (χ3v) is 3.63. The van der Waals surface area contributed by atoms with Crippen LogP contribution >= 0.6 is 0 Å². The van der Waals surface area contributed by atoms with Crippen molar-refractivity contribution in [3.63, 3.8) is 0 Å². The Kier molecular flexibility index (Phi) is 4.50. The van der Waals surface area contributed by atoms with Gasteiger partial charge in [-0.15, -0.1) is 0 Å². The van der Waals surface area contributed by atoms with Crippen LogP contribution in [0.25, 0.3) is 0 Å². The number of nitrogens with zero attached hydrogens (tertiary/aromatic N) is 3. The Hall–Kier alpha value is -2.50. The zero-order chi connectivity index (χ0) is 16.2. The van der Waals surface area contributed by atoms with Crippen LogP contribution < -0.4 is 19.7 Å². The predicted octanol–water partition coefficient (Wildman–Crippen LogP) is 2.62. The Bertz CT molecular complexity index is 688. The summed E-state index contributed by atoms with van der Waals surface area (Å²) in [5, 5.41) is 3.26. The first-order valence-corrected chi connectivity index (χ1v) is 7.77. The molecule has 3 rings (SSSR count). The average Bonchev–Trinajstić information content (AvgIpc) is 2.78. The zero-order valence-electron chi connectivity index (χ0n) is 13.8. The number of hydrogen-bond acceptors (Lipinski definition) is 6. The highest BCUT2D eigenvalue weighted by Gasteiger charge is 2.11. The van der Waals surface area contributed by atoms with Crippen LogP contribution in [-0.2, 0) is 6.54 Å². The molecule has 0 spiro atoms. The van der Waals surface area contributed by atoms with Crippen molar-refractivity contribution in [3.05, 3.63) is 35.5 Å². The summed E-state index contributed by atoms with van der Waals surface area (Å²) < 4.78 is 11.4. The molecule has 122 valence electrons. The van der Waals surface area contributed by atoms with E-state index < -0.39 is 0 Å². The Morgan fingerprint density at radius 3 is 2.74 bits per heavy atom. The van der Waals surface area contributed by atoms with Crippen LogP contribution in [0.5, 0.6) is 11.5 Å². The van der Waals surface area contributed by atoms with Gasteiger partial charge in [0.05, 0.1) is 13.2 Å². The molecule has 0 amide bonds. The van der Waals surface area contributed by atoms with E-state index in [1.807, 2.05) is 50.3 Å². The molecule has 1 aromatic heterocycles. The second kappa shape index (κ2) is 6.73. The molecule has 0 radical (unpaired) electrons. The summed E-state index contributed by atoms with van der Waals surface area (Å²) in [5.74, 6) is 3.15. The fourth-order valence-electron chi connectivity index (χ4n) is 2.47. The highest BCUT2D eigenvalue weighted by atomic mass is 16.5. The molecule has 1 aliphatic rings. The molecule has 0 saturated heterocycles. The van der Waals surface area contributed by atoms with Gasteiger partial charge in [-0.3, -0.25) is 0 Å². The maximum atomic E-state index is 5.72. The van der Waals surface area contributed by atoms with Gasteiger partial charge in [0.1, 0.15) is 5.82 Å². The molecule has 0 fully saturated rings. The molecule has 0 atom stereocenters. The van der Waals surface area contributed by atoms with Crippen molar-refractivity contribution in [2.45, 2.75) is 19.9 Å². The molecule has 0 unspecified atom stereocenters. The number of anilines is 2. The van der Waals surface area contributed by atoms with Gasteiger partial charge in [0.15, 0.2) is 11.5 Å². The van der Waals surface area contributed by atoms with Gasteiger partial charge < -0.3 is 19.7 Å². The van der Waals surface area contributed by atoms with Crippen molar-refractivity contribution in [3.8, 4) is 11.5 Å². The monoisotopic (exact) mass is 314 g/mol. The molecule has 1 N–H and O–H groups in total. The predicted molar refractivity (Wildman–Crippen MR) is 90.5 cm³/mol. The highest BCUT2D eigenvalue weighted by Crippen LogP contribution is 2.30. The summed E-state index contributed by atoms with van der Waals surface area (Å²) in [4.78, 5) is 10.9. The van der Waals surface area contributed by atoms with E-state index in [9.17, 15) is 0 Å². The molecule has 6 heteroatoms. The first kappa shape index (κ1) is 15.4. The average molecular weight is 314 g/mol. The Labute approximate surface area is 136 Å². The molecule has 1 aromatic carbocycles. The third-order valence-electron chi connectivity index (χ3n) is 3.63. The van der Waals surface area contributed by atoms with Gasteiger partial charge in [0, 0.05) is 38.8 Å². The smallest absolute Gasteiger partial charge is 0.224 e. The number of aromatic nitrogens is 2. The van der Waals surface area contributed by atoms with Gasteiger partial charge in [-0.05, 0) is 24.6 Å². The van der Waals surface area contributed by atoms with Crippen LogP contribution in [0.3, 0.4) is 0 Å². The summed E-state index contributed by atoms with van der Waals surface area (Å²) in [6.45, 7) is 4.03. The largest absolute Gasteiger partial charge is 0.490 e. The van der Waals surface area contributed by atoms with Crippen LogP contribution in [0.15, 0.2) is 24.4 Å². The van der Waals surface area contributed by atoms with Crippen molar-refractivity contribution in [1.82, 2.24) is 9.97 Å². The van der Waals surface area contributed by atoms with E-state index >= 15 is 0 Å². The van der Waals surface area contributed by atoms with Crippen LogP contribution in [0, 0.1) is 6.92 Å². The van der Waals surface area contributed by atoms with Crippen molar-refractivity contribution in [2.24, 2.45) is 0 Å². The number of rotatable bonds is 4. The molecular formula is C17H22N4O2. The summed E-state index contributed by atoms with van der Waals surface area (Å²) in [6, 6.07) is 6.00. The van der Waals surface area contributed by atoms with Gasteiger partial charge in [0.25, 0.3) is 0 Å². The molecule has 0 aliphatic carbocycles. The Morgan fingerprint density at radius 1 is 1.17 bits per heavy atom. The molecule has 0 saturated carbocycles. The highest BCUT2D eigenvalue weighted by molar-refractivity contribution is 5.48. The molecule has 2 heterocycles. The van der Waals surface area contributed by atoms with Gasteiger partial charge in [0.2, 0.25) is 5.95 Å². The van der Waals surface area contributed by atoms with Gasteiger partial charge >= 0.3 is 0 Å². The second-order valence-corrected chi connectivity index (χ2v) is 5.78. The molecule has 23 heavy (non-hydrogen) atoms. The number of nitrogens with one attached hydrogen (secondary N) is 1. The van der Waals surface area contributed by atoms with Crippen LogP contribution in [0.1, 0.15) is 17.5 Å². The lowest BCUT2D eigenvalue weighted by Crippen LogP contribution is -2.14.